The molecule has 3 aromatic rings. The van der Waals surface area contributed by atoms with E-state index in [9.17, 15) is 17.6 Å². The van der Waals surface area contributed by atoms with Crippen LogP contribution in [0.2, 0.25) is 0 Å². The van der Waals surface area contributed by atoms with Crippen molar-refractivity contribution in [2.75, 3.05) is 11.8 Å². The van der Waals surface area contributed by atoms with E-state index < -0.39 is 16.2 Å². The molecular formula is C22H19FN2O5S. The van der Waals surface area contributed by atoms with Crippen LogP contribution < -0.4 is 9.46 Å². The molecule has 1 aliphatic heterocycles. The highest BCUT2D eigenvalue weighted by Crippen LogP contribution is 2.32. The van der Waals surface area contributed by atoms with Gasteiger partial charge in [-0.1, -0.05) is 24.3 Å². The minimum atomic E-state index is -3.92. The maximum absolute atomic E-state index is 13.2. The lowest BCUT2D eigenvalue weighted by atomic mass is 10.0. The molecule has 0 aliphatic carbocycles. The molecule has 3 aromatic carbocycles. The van der Waals surface area contributed by atoms with Gasteiger partial charge in [-0.25, -0.2) is 9.18 Å². The molecule has 0 amide bonds. The molecule has 0 fully saturated rings. The van der Waals surface area contributed by atoms with Gasteiger partial charge in [-0.15, -0.1) is 0 Å². The number of aromatic carboxylic acids is 1. The number of carboxylic acid groups (broad SMARTS) is 1. The van der Waals surface area contributed by atoms with Gasteiger partial charge >= 0.3 is 16.2 Å². The van der Waals surface area contributed by atoms with Gasteiger partial charge < -0.3 is 9.84 Å². The zero-order valence-electron chi connectivity index (χ0n) is 16.5. The van der Waals surface area contributed by atoms with Crippen molar-refractivity contribution in [1.29, 1.82) is 0 Å². The number of fused-ring (bicyclic) bond motifs is 1. The van der Waals surface area contributed by atoms with Crippen LogP contribution in [0.25, 0.3) is 11.1 Å². The van der Waals surface area contributed by atoms with E-state index in [-0.39, 0.29) is 35.9 Å². The van der Waals surface area contributed by atoms with Crippen LogP contribution in [0.5, 0.6) is 5.75 Å². The fourth-order valence-electron chi connectivity index (χ4n) is 3.47. The number of hydrogen-bond acceptors (Lipinski definition) is 4. The van der Waals surface area contributed by atoms with E-state index in [1.54, 1.807) is 12.1 Å². The molecule has 0 radical (unpaired) electrons. The highest BCUT2D eigenvalue weighted by Gasteiger charge is 2.30. The molecule has 1 heterocycles. The summed E-state index contributed by atoms with van der Waals surface area (Å²) >= 11 is 0. The quantitative estimate of drug-likeness (QED) is 0.604. The summed E-state index contributed by atoms with van der Waals surface area (Å²) in [7, 11) is -2.59. The molecule has 0 saturated carbocycles. The number of rotatable bonds is 6. The van der Waals surface area contributed by atoms with Gasteiger partial charge in [-0.05, 0) is 58.7 Å². The van der Waals surface area contributed by atoms with Crippen molar-refractivity contribution in [3.8, 4) is 16.9 Å². The van der Waals surface area contributed by atoms with Crippen molar-refractivity contribution in [3.05, 3.63) is 83.2 Å². The third-order valence-electron chi connectivity index (χ3n) is 5.10. The molecule has 0 atom stereocenters. The number of carboxylic acids is 1. The number of halogens is 1. The van der Waals surface area contributed by atoms with Gasteiger partial charge in [0.25, 0.3) is 0 Å². The number of methoxy groups -OCH3 is 1. The maximum Gasteiger partial charge on any atom is 0.335 e. The number of benzene rings is 3. The van der Waals surface area contributed by atoms with Crippen LogP contribution in [0.3, 0.4) is 0 Å². The third kappa shape index (κ3) is 4.23. The topological polar surface area (TPSA) is 95.9 Å². The molecule has 4 rings (SSSR count). The standard InChI is InChI=1S/C22H19FN2O5S/c1-30-21-11-16(22(26)27)6-9-20(21)24-31(28,29)25-12-17-3-2-15(10-18(17)13-25)14-4-7-19(23)8-5-14/h2-11,24H,12-13H2,1H3,(H,26,27). The van der Waals surface area contributed by atoms with Gasteiger partial charge in [0.05, 0.1) is 18.4 Å². The Balaban J connectivity index is 1.56. The smallest absolute Gasteiger partial charge is 0.335 e. The molecule has 1 aliphatic rings. The van der Waals surface area contributed by atoms with Gasteiger partial charge in [0.15, 0.2) is 0 Å². The van der Waals surface area contributed by atoms with Gasteiger partial charge in [0, 0.05) is 13.1 Å². The van der Waals surface area contributed by atoms with Crippen LogP contribution >= 0.6 is 0 Å². The highest BCUT2D eigenvalue weighted by molar-refractivity contribution is 7.90. The Hall–Kier alpha value is -3.43. The summed E-state index contributed by atoms with van der Waals surface area (Å²) in [6.45, 7) is 0.374. The van der Waals surface area contributed by atoms with Crippen LogP contribution in [0.15, 0.2) is 60.7 Å². The van der Waals surface area contributed by atoms with E-state index in [2.05, 4.69) is 4.72 Å². The minimum absolute atomic E-state index is 0.0123. The first-order chi connectivity index (χ1) is 14.8. The molecule has 0 saturated heterocycles. The predicted octanol–water partition coefficient (Wildman–Crippen LogP) is 3.87. The average Bonchev–Trinajstić information content (AvgIpc) is 3.18. The van der Waals surface area contributed by atoms with E-state index >= 15 is 0 Å². The van der Waals surface area contributed by atoms with Crippen LogP contribution in [0.1, 0.15) is 21.5 Å². The van der Waals surface area contributed by atoms with E-state index in [0.717, 1.165) is 22.3 Å². The van der Waals surface area contributed by atoms with Crippen LogP contribution in [-0.2, 0) is 23.3 Å². The average molecular weight is 442 g/mol. The normalized spacial score (nSPS) is 13.6. The lowest BCUT2D eigenvalue weighted by molar-refractivity contribution is 0.0696. The first-order valence-electron chi connectivity index (χ1n) is 9.34. The summed E-state index contributed by atoms with van der Waals surface area (Å²) in [6.07, 6.45) is 0. The van der Waals surface area contributed by atoms with Gasteiger partial charge in [-0.2, -0.15) is 12.7 Å². The number of carbonyl (C=O) groups is 1. The number of ether oxygens (including phenoxy) is 1. The number of nitrogens with zero attached hydrogens (tertiary/aromatic N) is 1. The van der Waals surface area contributed by atoms with Crippen LogP contribution in [0.4, 0.5) is 10.1 Å². The predicted molar refractivity (Wildman–Crippen MR) is 114 cm³/mol. The Kier molecular flexibility index (Phi) is 5.38. The lowest BCUT2D eigenvalue weighted by Gasteiger charge is -2.18. The van der Waals surface area contributed by atoms with Gasteiger partial charge in [0.2, 0.25) is 0 Å². The number of anilines is 1. The van der Waals surface area contributed by atoms with Crippen molar-refractivity contribution >= 4 is 21.9 Å². The summed E-state index contributed by atoms with van der Waals surface area (Å²) in [5, 5.41) is 9.10. The minimum Gasteiger partial charge on any atom is -0.495 e. The van der Waals surface area contributed by atoms with Gasteiger partial charge in [0.1, 0.15) is 11.6 Å². The fraction of sp³-hybridized carbons (Fsp3) is 0.136. The van der Waals surface area contributed by atoms with E-state index in [4.69, 9.17) is 9.84 Å². The van der Waals surface area contributed by atoms with E-state index in [1.165, 1.54) is 41.7 Å². The molecule has 2 N–H and O–H groups in total. The summed E-state index contributed by atoms with van der Waals surface area (Å²) < 4.78 is 48.0. The van der Waals surface area contributed by atoms with E-state index in [0.29, 0.717) is 0 Å². The second-order valence-corrected chi connectivity index (χ2v) is 8.76. The monoisotopic (exact) mass is 442 g/mol. The van der Waals surface area contributed by atoms with E-state index in [1.807, 2.05) is 18.2 Å². The molecule has 0 spiro atoms. The van der Waals surface area contributed by atoms with Crippen LogP contribution in [0, 0.1) is 5.82 Å². The maximum atomic E-state index is 13.2. The van der Waals surface area contributed by atoms with Crippen molar-refractivity contribution in [1.82, 2.24) is 4.31 Å². The number of hydrogen-bond donors (Lipinski definition) is 2. The molecule has 7 nitrogen and oxygen atoms in total. The van der Waals surface area contributed by atoms with Crippen molar-refractivity contribution in [3.63, 3.8) is 0 Å². The summed E-state index contributed by atoms with van der Waals surface area (Å²) in [5.74, 6) is -1.35. The number of nitrogens with one attached hydrogen (secondary N) is 1. The Morgan fingerprint density at radius 3 is 2.35 bits per heavy atom. The second kappa shape index (κ2) is 8.01. The first-order valence-corrected chi connectivity index (χ1v) is 10.8. The van der Waals surface area contributed by atoms with Crippen molar-refractivity contribution < 1.29 is 27.4 Å². The molecule has 160 valence electrons. The van der Waals surface area contributed by atoms with Crippen molar-refractivity contribution in [2.45, 2.75) is 13.1 Å². The summed E-state index contributed by atoms with van der Waals surface area (Å²) in [6, 6.07) is 15.7. The first kappa shape index (κ1) is 20.8. The van der Waals surface area contributed by atoms with Gasteiger partial charge in [-0.3, -0.25) is 4.72 Å². The van der Waals surface area contributed by atoms with Crippen LogP contribution in [-0.4, -0.2) is 30.9 Å². The second-order valence-electron chi connectivity index (χ2n) is 7.09. The zero-order chi connectivity index (χ0) is 22.2. The third-order valence-corrected chi connectivity index (χ3v) is 6.52. The van der Waals surface area contributed by atoms with Crippen molar-refractivity contribution in [2.24, 2.45) is 0 Å². The Morgan fingerprint density at radius 1 is 1.00 bits per heavy atom. The Morgan fingerprint density at radius 2 is 1.68 bits per heavy atom. The summed E-state index contributed by atoms with van der Waals surface area (Å²) in [4.78, 5) is 11.1. The summed E-state index contributed by atoms with van der Waals surface area (Å²) in [5.41, 5.74) is 3.59. The Bertz CT molecular complexity index is 1260. The lowest BCUT2D eigenvalue weighted by Crippen LogP contribution is -2.31. The SMILES string of the molecule is COc1cc(C(=O)O)ccc1NS(=O)(=O)N1Cc2ccc(-c3ccc(F)cc3)cc2C1. The molecule has 31 heavy (non-hydrogen) atoms. The highest BCUT2D eigenvalue weighted by atomic mass is 32.2. The molecular weight excluding hydrogens is 423 g/mol. The fourth-order valence-corrected chi connectivity index (χ4v) is 4.66. The molecule has 0 aromatic heterocycles. The zero-order valence-corrected chi connectivity index (χ0v) is 17.3. The Labute approximate surface area is 178 Å². The largest absolute Gasteiger partial charge is 0.495 e. The molecule has 9 heteroatoms. The molecule has 0 unspecified atom stereocenters. The molecule has 0 bridgehead atoms.